The zero-order valence-corrected chi connectivity index (χ0v) is 15.4. The lowest BCUT2D eigenvalue weighted by Gasteiger charge is -2.23. The van der Waals surface area contributed by atoms with E-state index in [9.17, 15) is 9.59 Å². The first kappa shape index (κ1) is 18.0. The lowest BCUT2D eigenvalue weighted by Crippen LogP contribution is -2.23. The molecule has 0 spiro atoms. The Morgan fingerprint density at radius 1 is 1.07 bits per heavy atom. The van der Waals surface area contributed by atoms with Gasteiger partial charge in [0.25, 0.3) is 5.89 Å². The molecule has 0 saturated carbocycles. The molecule has 6 nitrogen and oxygen atoms in total. The summed E-state index contributed by atoms with van der Waals surface area (Å²) in [6.45, 7) is 0. The van der Waals surface area contributed by atoms with Gasteiger partial charge in [0.05, 0.1) is 13.3 Å². The summed E-state index contributed by atoms with van der Waals surface area (Å²) in [7, 11) is 1.25. The topological polar surface area (TPSA) is 78.6 Å². The molecular formula is C22H19NO5. The van der Waals surface area contributed by atoms with Crippen molar-refractivity contribution in [2.24, 2.45) is 5.92 Å². The Hall–Kier alpha value is -3.41. The normalized spacial score (nSPS) is 15.5. The average Bonchev–Trinajstić information content (AvgIpc) is 3.23. The molecule has 4 rings (SSSR count). The number of hydrogen-bond donors (Lipinski definition) is 0. The monoisotopic (exact) mass is 377 g/mol. The second-order valence-electron chi connectivity index (χ2n) is 6.67. The number of benzene rings is 2. The van der Waals surface area contributed by atoms with Gasteiger partial charge in [-0.1, -0.05) is 24.3 Å². The Kier molecular flexibility index (Phi) is 4.93. The summed E-state index contributed by atoms with van der Waals surface area (Å²) in [5.41, 5.74) is 2.30. The van der Waals surface area contributed by atoms with Crippen LogP contribution in [-0.4, -0.2) is 23.8 Å². The molecule has 28 heavy (non-hydrogen) atoms. The van der Waals surface area contributed by atoms with E-state index in [1.54, 1.807) is 0 Å². The number of para-hydroxylation sites is 1. The van der Waals surface area contributed by atoms with Crippen LogP contribution in [0.2, 0.25) is 0 Å². The second-order valence-corrected chi connectivity index (χ2v) is 6.67. The minimum absolute atomic E-state index is 0.0436. The first-order valence-corrected chi connectivity index (χ1v) is 9.07. The highest BCUT2D eigenvalue weighted by atomic mass is 16.5. The molecule has 1 atom stereocenters. The van der Waals surface area contributed by atoms with Crippen LogP contribution in [0.5, 0.6) is 11.5 Å². The van der Waals surface area contributed by atoms with Crippen molar-refractivity contribution in [3.8, 4) is 11.5 Å². The van der Waals surface area contributed by atoms with Gasteiger partial charge >= 0.3 is 5.97 Å². The van der Waals surface area contributed by atoms with Gasteiger partial charge in [-0.25, -0.2) is 9.78 Å². The number of carbonyl (C=O) groups is 2. The zero-order valence-electron chi connectivity index (χ0n) is 15.4. The highest BCUT2D eigenvalue weighted by Gasteiger charge is 2.29. The smallest absolute Gasteiger partial charge is 0.375 e. The maximum absolute atomic E-state index is 12.7. The molecule has 1 aliphatic rings. The highest BCUT2D eigenvalue weighted by molar-refractivity contribution is 5.95. The van der Waals surface area contributed by atoms with Gasteiger partial charge in [0.1, 0.15) is 11.5 Å². The van der Waals surface area contributed by atoms with E-state index < -0.39 is 5.97 Å². The summed E-state index contributed by atoms with van der Waals surface area (Å²) in [5, 5.41) is 0. The molecule has 1 heterocycles. The first-order valence-electron chi connectivity index (χ1n) is 9.07. The largest absolute Gasteiger partial charge is 0.463 e. The van der Waals surface area contributed by atoms with Gasteiger partial charge in [-0.15, -0.1) is 0 Å². The minimum atomic E-state index is -0.647. The molecule has 0 fully saturated rings. The summed E-state index contributed by atoms with van der Waals surface area (Å²) in [4.78, 5) is 28.1. The predicted molar refractivity (Wildman–Crippen MR) is 101 cm³/mol. The third-order valence-corrected chi connectivity index (χ3v) is 4.86. The molecule has 0 unspecified atom stereocenters. The van der Waals surface area contributed by atoms with Gasteiger partial charge in [0.2, 0.25) is 11.5 Å². The summed E-state index contributed by atoms with van der Waals surface area (Å²) in [6, 6.07) is 15.6. The first-order chi connectivity index (χ1) is 13.6. The average molecular weight is 377 g/mol. The third kappa shape index (κ3) is 3.67. The molecule has 0 N–H and O–H groups in total. The van der Waals surface area contributed by atoms with Crippen molar-refractivity contribution in [1.82, 2.24) is 4.98 Å². The fraction of sp³-hybridized carbons (Fsp3) is 0.227. The number of fused-ring (bicyclic) bond motifs is 1. The Morgan fingerprint density at radius 2 is 1.89 bits per heavy atom. The molecule has 1 aliphatic carbocycles. The number of hydrogen-bond acceptors (Lipinski definition) is 6. The van der Waals surface area contributed by atoms with Crippen molar-refractivity contribution in [3.05, 3.63) is 77.5 Å². The fourth-order valence-corrected chi connectivity index (χ4v) is 3.40. The van der Waals surface area contributed by atoms with E-state index in [1.807, 2.05) is 48.5 Å². The van der Waals surface area contributed by atoms with E-state index in [0.29, 0.717) is 12.8 Å². The van der Waals surface area contributed by atoms with Crippen LogP contribution < -0.4 is 4.74 Å². The van der Waals surface area contributed by atoms with Crippen LogP contribution >= 0.6 is 0 Å². The van der Waals surface area contributed by atoms with Crippen LogP contribution in [0.4, 0.5) is 0 Å². The van der Waals surface area contributed by atoms with E-state index in [2.05, 4.69) is 9.72 Å². The lowest BCUT2D eigenvalue weighted by atomic mass is 9.81. The zero-order chi connectivity index (χ0) is 19.5. The van der Waals surface area contributed by atoms with Gasteiger partial charge in [-0.3, -0.25) is 4.79 Å². The molecule has 6 heteroatoms. The molecule has 2 aromatic carbocycles. The maximum atomic E-state index is 12.7. The van der Waals surface area contributed by atoms with Gasteiger partial charge in [0.15, 0.2) is 0 Å². The van der Waals surface area contributed by atoms with Crippen molar-refractivity contribution >= 4 is 11.8 Å². The lowest BCUT2D eigenvalue weighted by molar-refractivity contribution is 0.0562. The number of rotatable bonds is 5. The molecule has 0 radical (unpaired) electrons. The van der Waals surface area contributed by atoms with Gasteiger partial charge < -0.3 is 13.9 Å². The van der Waals surface area contributed by atoms with Crippen LogP contribution in [-0.2, 0) is 17.6 Å². The summed E-state index contributed by atoms with van der Waals surface area (Å²) in [5.74, 6) is 0.402. The molecule has 142 valence electrons. The van der Waals surface area contributed by atoms with Crippen molar-refractivity contribution < 1.29 is 23.5 Å². The number of Topliss-reactive ketones (excluding diaryl/α,β-unsaturated/α-hetero) is 1. The quantitative estimate of drug-likeness (QED) is 0.489. The number of oxazole rings is 1. The molecule has 0 amide bonds. The SMILES string of the molecule is COC(=O)c1cnc(C(=O)[C@H]2CCc3cc(Oc4ccccc4)ccc3C2)o1. The Balaban J connectivity index is 1.46. The number of ketones is 1. The number of aryl methyl sites for hydroxylation is 1. The number of carbonyl (C=O) groups excluding carboxylic acids is 2. The molecule has 0 bridgehead atoms. The second kappa shape index (κ2) is 7.68. The minimum Gasteiger partial charge on any atom is -0.463 e. The summed E-state index contributed by atoms with van der Waals surface area (Å²) in [6.07, 6.45) is 3.29. The van der Waals surface area contributed by atoms with E-state index >= 15 is 0 Å². The Morgan fingerprint density at radius 3 is 2.68 bits per heavy atom. The number of methoxy groups -OCH3 is 1. The number of aromatic nitrogens is 1. The standard InChI is InChI=1S/C22H19NO5/c1-26-22(25)19-13-23-21(28-19)20(24)16-8-7-15-12-18(10-9-14(15)11-16)27-17-5-3-2-4-6-17/h2-6,9-10,12-13,16H,7-8,11H2,1H3/t16-/m0/s1. The van der Waals surface area contributed by atoms with Gasteiger partial charge in [-0.2, -0.15) is 0 Å². The van der Waals surface area contributed by atoms with Crippen molar-refractivity contribution in [3.63, 3.8) is 0 Å². The number of ether oxygens (including phenoxy) is 2. The van der Waals surface area contributed by atoms with E-state index in [4.69, 9.17) is 9.15 Å². The van der Waals surface area contributed by atoms with Crippen LogP contribution in [0.3, 0.4) is 0 Å². The molecule has 0 aliphatic heterocycles. The highest BCUT2D eigenvalue weighted by Crippen LogP contribution is 2.32. The summed E-state index contributed by atoms with van der Waals surface area (Å²) >= 11 is 0. The molecule has 0 saturated heterocycles. The van der Waals surface area contributed by atoms with Crippen LogP contribution in [0, 0.1) is 5.92 Å². The molecule has 3 aromatic rings. The van der Waals surface area contributed by atoms with Crippen molar-refractivity contribution in [2.45, 2.75) is 19.3 Å². The van der Waals surface area contributed by atoms with Crippen LogP contribution in [0.15, 0.2) is 59.1 Å². The van der Waals surface area contributed by atoms with E-state index in [1.165, 1.54) is 18.9 Å². The fourth-order valence-electron chi connectivity index (χ4n) is 3.40. The van der Waals surface area contributed by atoms with Crippen molar-refractivity contribution in [2.75, 3.05) is 7.11 Å². The molecule has 1 aromatic heterocycles. The van der Waals surface area contributed by atoms with Gasteiger partial charge in [0, 0.05) is 5.92 Å². The van der Waals surface area contributed by atoms with Gasteiger partial charge in [-0.05, 0) is 54.7 Å². The predicted octanol–water partition coefficient (Wildman–Crippen LogP) is 4.24. The molecular weight excluding hydrogens is 358 g/mol. The Bertz CT molecular complexity index is 1010. The van der Waals surface area contributed by atoms with Crippen molar-refractivity contribution in [1.29, 1.82) is 0 Å². The van der Waals surface area contributed by atoms with E-state index in [0.717, 1.165) is 23.5 Å². The van der Waals surface area contributed by atoms with E-state index in [-0.39, 0.29) is 23.4 Å². The maximum Gasteiger partial charge on any atom is 0.375 e. The number of esters is 1. The Labute approximate surface area is 162 Å². The number of nitrogens with zero attached hydrogens (tertiary/aromatic N) is 1. The van der Waals surface area contributed by atoms with Crippen LogP contribution in [0.25, 0.3) is 0 Å². The third-order valence-electron chi connectivity index (χ3n) is 4.86. The summed E-state index contributed by atoms with van der Waals surface area (Å²) < 4.78 is 15.7. The van der Waals surface area contributed by atoms with Crippen LogP contribution in [0.1, 0.15) is 38.8 Å².